The summed E-state index contributed by atoms with van der Waals surface area (Å²) in [5.74, 6) is 0.333. The van der Waals surface area contributed by atoms with Crippen molar-refractivity contribution in [2.24, 2.45) is 0 Å². The predicted molar refractivity (Wildman–Crippen MR) is 75.1 cm³/mol. The van der Waals surface area contributed by atoms with Gasteiger partial charge in [0.1, 0.15) is 11.6 Å². The smallest absolute Gasteiger partial charge is 0.153 e. The van der Waals surface area contributed by atoms with Crippen LogP contribution in [0.5, 0.6) is 11.5 Å². The highest BCUT2D eigenvalue weighted by Gasteiger charge is 2.09. The Morgan fingerprint density at radius 1 is 1.18 bits per heavy atom. The average molecular weight is 364 g/mol. The molecule has 0 aliphatic rings. The minimum Gasteiger partial charge on any atom is -0.454 e. The van der Waals surface area contributed by atoms with E-state index < -0.39 is 0 Å². The van der Waals surface area contributed by atoms with E-state index in [1.54, 1.807) is 24.3 Å². The zero-order valence-corrected chi connectivity index (χ0v) is 11.5. The van der Waals surface area contributed by atoms with Gasteiger partial charge in [-0.25, -0.2) is 4.39 Å². The highest BCUT2D eigenvalue weighted by molar-refractivity contribution is 14.1. The van der Waals surface area contributed by atoms with Crippen molar-refractivity contribution in [1.82, 2.24) is 0 Å². The Labute approximate surface area is 117 Å². The first-order valence-corrected chi connectivity index (χ1v) is 6.20. The van der Waals surface area contributed by atoms with E-state index in [0.29, 0.717) is 20.0 Å². The number of ether oxygens (including phenoxy) is 1. The van der Waals surface area contributed by atoms with Gasteiger partial charge in [0.15, 0.2) is 5.75 Å². The molecule has 0 radical (unpaired) electrons. The van der Waals surface area contributed by atoms with Crippen molar-refractivity contribution >= 4 is 39.9 Å². The van der Waals surface area contributed by atoms with E-state index in [1.807, 2.05) is 22.6 Å². The number of rotatable bonds is 2. The highest BCUT2D eigenvalue weighted by Crippen LogP contribution is 2.33. The van der Waals surface area contributed by atoms with Gasteiger partial charge in [-0.15, -0.1) is 0 Å². The van der Waals surface area contributed by atoms with Crippen LogP contribution in [0.3, 0.4) is 0 Å². The molecule has 2 N–H and O–H groups in total. The van der Waals surface area contributed by atoms with Crippen LogP contribution < -0.4 is 10.5 Å². The molecule has 0 amide bonds. The van der Waals surface area contributed by atoms with Crippen LogP contribution in [0.25, 0.3) is 0 Å². The number of hydrogen-bond donors (Lipinski definition) is 1. The lowest BCUT2D eigenvalue weighted by atomic mass is 10.3. The Bertz CT molecular complexity index is 562. The van der Waals surface area contributed by atoms with Crippen molar-refractivity contribution in [2.75, 3.05) is 5.73 Å². The third-order valence-corrected chi connectivity index (χ3v) is 3.25. The van der Waals surface area contributed by atoms with Crippen molar-refractivity contribution in [1.29, 1.82) is 0 Å². The molecule has 0 aliphatic heterocycles. The molecule has 0 saturated carbocycles. The third kappa shape index (κ3) is 2.81. The number of nitrogen functional groups attached to an aromatic ring is 1. The standard InChI is InChI=1S/C12H8ClFINO/c13-7-3-1-2-4-11(7)17-12-5-8(14)9(15)6-10(12)16/h1-6H,16H2. The number of para-hydroxylation sites is 1. The van der Waals surface area contributed by atoms with E-state index in [-0.39, 0.29) is 11.6 Å². The summed E-state index contributed by atoms with van der Waals surface area (Å²) in [7, 11) is 0. The fourth-order valence-corrected chi connectivity index (χ4v) is 1.94. The number of halogens is 3. The number of anilines is 1. The fourth-order valence-electron chi connectivity index (χ4n) is 1.28. The quantitative estimate of drug-likeness (QED) is 0.632. The lowest BCUT2D eigenvalue weighted by Gasteiger charge is -2.10. The molecular weight excluding hydrogens is 355 g/mol. The molecule has 0 fully saturated rings. The van der Waals surface area contributed by atoms with Gasteiger partial charge in [-0.05, 0) is 40.8 Å². The van der Waals surface area contributed by atoms with E-state index in [9.17, 15) is 4.39 Å². The second kappa shape index (κ2) is 5.10. The summed E-state index contributed by atoms with van der Waals surface area (Å²) in [6.45, 7) is 0. The Morgan fingerprint density at radius 2 is 1.88 bits per heavy atom. The van der Waals surface area contributed by atoms with Crippen LogP contribution in [-0.2, 0) is 0 Å². The van der Waals surface area contributed by atoms with Gasteiger partial charge >= 0.3 is 0 Å². The molecule has 88 valence electrons. The molecule has 5 heteroatoms. The van der Waals surface area contributed by atoms with Crippen LogP contribution in [0.1, 0.15) is 0 Å². The van der Waals surface area contributed by atoms with Crippen LogP contribution in [0.2, 0.25) is 5.02 Å². The Hall–Kier alpha value is -1.01. The summed E-state index contributed by atoms with van der Waals surface area (Å²) >= 11 is 7.80. The molecule has 0 atom stereocenters. The van der Waals surface area contributed by atoms with Crippen LogP contribution in [0.15, 0.2) is 36.4 Å². The van der Waals surface area contributed by atoms with E-state index in [2.05, 4.69) is 0 Å². The van der Waals surface area contributed by atoms with Gasteiger partial charge in [0.2, 0.25) is 0 Å². The molecule has 2 aromatic rings. The second-order valence-corrected chi connectivity index (χ2v) is 4.91. The molecular formula is C12H8ClFINO. The lowest BCUT2D eigenvalue weighted by Crippen LogP contribution is -1.95. The zero-order chi connectivity index (χ0) is 12.4. The maximum atomic E-state index is 13.4. The second-order valence-electron chi connectivity index (χ2n) is 3.34. The molecule has 2 aromatic carbocycles. The summed E-state index contributed by atoms with van der Waals surface area (Å²) in [4.78, 5) is 0. The molecule has 0 saturated heterocycles. The number of benzene rings is 2. The van der Waals surface area contributed by atoms with Crippen molar-refractivity contribution in [3.63, 3.8) is 0 Å². The summed E-state index contributed by atoms with van der Waals surface area (Å²) in [5.41, 5.74) is 6.12. The maximum Gasteiger partial charge on any atom is 0.153 e. The Morgan fingerprint density at radius 3 is 2.59 bits per heavy atom. The van der Waals surface area contributed by atoms with Crippen LogP contribution in [0, 0.1) is 9.39 Å². The molecule has 0 aromatic heterocycles. The maximum absolute atomic E-state index is 13.4. The number of nitrogens with two attached hydrogens (primary N) is 1. The van der Waals surface area contributed by atoms with Crippen molar-refractivity contribution in [3.8, 4) is 11.5 Å². The van der Waals surface area contributed by atoms with Crippen LogP contribution >= 0.6 is 34.2 Å². The molecule has 0 heterocycles. The van der Waals surface area contributed by atoms with Crippen LogP contribution in [0.4, 0.5) is 10.1 Å². The van der Waals surface area contributed by atoms with Crippen molar-refractivity contribution < 1.29 is 9.13 Å². The topological polar surface area (TPSA) is 35.2 Å². The molecule has 0 bridgehead atoms. The fraction of sp³-hybridized carbons (Fsp3) is 0. The largest absolute Gasteiger partial charge is 0.454 e. The minimum atomic E-state index is -0.373. The molecule has 0 aliphatic carbocycles. The van der Waals surface area contributed by atoms with Gasteiger partial charge in [-0.2, -0.15) is 0 Å². The normalized spacial score (nSPS) is 10.3. The Balaban J connectivity index is 2.37. The molecule has 0 spiro atoms. The monoisotopic (exact) mass is 363 g/mol. The van der Waals surface area contributed by atoms with E-state index >= 15 is 0 Å². The van der Waals surface area contributed by atoms with Gasteiger partial charge in [0.25, 0.3) is 0 Å². The van der Waals surface area contributed by atoms with Crippen LogP contribution in [-0.4, -0.2) is 0 Å². The lowest BCUT2D eigenvalue weighted by molar-refractivity contribution is 0.479. The molecule has 17 heavy (non-hydrogen) atoms. The van der Waals surface area contributed by atoms with Gasteiger partial charge in [-0.3, -0.25) is 0 Å². The summed E-state index contributed by atoms with van der Waals surface area (Å²) in [6, 6.07) is 9.71. The average Bonchev–Trinajstić information content (AvgIpc) is 2.29. The van der Waals surface area contributed by atoms with Gasteiger partial charge in [0.05, 0.1) is 14.3 Å². The van der Waals surface area contributed by atoms with Crippen molar-refractivity contribution in [3.05, 3.63) is 50.8 Å². The third-order valence-electron chi connectivity index (χ3n) is 2.11. The summed E-state index contributed by atoms with van der Waals surface area (Å²) in [6.07, 6.45) is 0. The van der Waals surface area contributed by atoms with Gasteiger partial charge < -0.3 is 10.5 Å². The first-order chi connectivity index (χ1) is 8.08. The van der Waals surface area contributed by atoms with Gasteiger partial charge in [0, 0.05) is 6.07 Å². The highest BCUT2D eigenvalue weighted by atomic mass is 127. The molecule has 2 rings (SSSR count). The first-order valence-electron chi connectivity index (χ1n) is 4.75. The van der Waals surface area contributed by atoms with E-state index in [1.165, 1.54) is 12.1 Å². The molecule has 0 unspecified atom stereocenters. The molecule has 2 nitrogen and oxygen atoms in total. The summed E-state index contributed by atoms with van der Waals surface area (Å²) < 4.78 is 19.3. The van der Waals surface area contributed by atoms with E-state index in [0.717, 1.165) is 0 Å². The summed E-state index contributed by atoms with van der Waals surface area (Å²) in [5, 5.41) is 0.450. The van der Waals surface area contributed by atoms with Gasteiger partial charge in [-0.1, -0.05) is 23.7 Å². The Kier molecular flexibility index (Phi) is 3.73. The van der Waals surface area contributed by atoms with E-state index in [4.69, 9.17) is 22.1 Å². The first kappa shape index (κ1) is 12.4. The predicted octanol–water partition coefficient (Wildman–Crippen LogP) is 4.46. The van der Waals surface area contributed by atoms with Crippen molar-refractivity contribution in [2.45, 2.75) is 0 Å². The SMILES string of the molecule is Nc1cc(I)c(F)cc1Oc1ccccc1Cl. The number of hydrogen-bond acceptors (Lipinski definition) is 2. The zero-order valence-electron chi connectivity index (χ0n) is 8.58. The minimum absolute atomic E-state index is 0.260.